The second-order valence-corrected chi connectivity index (χ2v) is 4.49. The minimum Gasteiger partial charge on any atom is -0.339 e. The third-order valence-electron chi connectivity index (χ3n) is 2.70. The molecule has 0 radical (unpaired) electrons. The Morgan fingerprint density at radius 1 is 1.50 bits per heavy atom. The van der Waals surface area contributed by atoms with Gasteiger partial charge in [0, 0.05) is 19.0 Å². The first-order chi connectivity index (χ1) is 7.65. The Labute approximate surface area is 95.3 Å². The van der Waals surface area contributed by atoms with Crippen molar-refractivity contribution >= 4 is 0 Å². The molecule has 2 atom stereocenters. The van der Waals surface area contributed by atoms with Crippen molar-refractivity contribution in [3.8, 4) is 0 Å². The zero-order chi connectivity index (χ0) is 11.5. The van der Waals surface area contributed by atoms with E-state index in [1.165, 1.54) is 0 Å². The fourth-order valence-corrected chi connectivity index (χ4v) is 1.75. The summed E-state index contributed by atoms with van der Waals surface area (Å²) >= 11 is 0. The molecule has 0 spiro atoms. The van der Waals surface area contributed by atoms with Crippen LogP contribution in [0.3, 0.4) is 0 Å². The normalized spacial score (nSPS) is 24.5. The molecule has 2 unspecified atom stereocenters. The lowest BCUT2D eigenvalue weighted by Crippen LogP contribution is -2.16. The zero-order valence-electron chi connectivity index (χ0n) is 9.76. The minimum atomic E-state index is 0.127. The summed E-state index contributed by atoms with van der Waals surface area (Å²) in [5.74, 6) is 1.67. The van der Waals surface area contributed by atoms with Gasteiger partial charge < -0.3 is 15.2 Å². The van der Waals surface area contributed by atoms with Crippen LogP contribution in [0.4, 0.5) is 0 Å². The summed E-state index contributed by atoms with van der Waals surface area (Å²) in [7, 11) is 4.06. The van der Waals surface area contributed by atoms with Gasteiger partial charge in [0.25, 0.3) is 0 Å². The molecule has 0 amide bonds. The fourth-order valence-electron chi connectivity index (χ4n) is 1.75. The van der Waals surface area contributed by atoms with Crippen LogP contribution in [0.25, 0.3) is 0 Å². The molecule has 0 fully saturated rings. The SMILES string of the molecule is CN(C)CCc1noc(C2C=CC(N)C2)n1. The molecule has 16 heavy (non-hydrogen) atoms. The number of hydrogen-bond donors (Lipinski definition) is 1. The zero-order valence-corrected chi connectivity index (χ0v) is 9.76. The van der Waals surface area contributed by atoms with Gasteiger partial charge in [-0.2, -0.15) is 4.98 Å². The van der Waals surface area contributed by atoms with E-state index in [-0.39, 0.29) is 12.0 Å². The molecule has 88 valence electrons. The number of hydrogen-bond acceptors (Lipinski definition) is 5. The van der Waals surface area contributed by atoms with E-state index in [2.05, 4.69) is 15.0 Å². The Kier molecular flexibility index (Phi) is 3.36. The molecule has 0 saturated heterocycles. The minimum absolute atomic E-state index is 0.127. The first-order valence-corrected chi connectivity index (χ1v) is 5.56. The molecule has 1 aromatic heterocycles. The molecule has 5 nitrogen and oxygen atoms in total. The van der Waals surface area contributed by atoms with Gasteiger partial charge in [0.15, 0.2) is 5.82 Å². The highest BCUT2D eigenvalue weighted by molar-refractivity contribution is 5.15. The largest absolute Gasteiger partial charge is 0.339 e. The molecule has 1 aromatic rings. The summed E-state index contributed by atoms with van der Waals surface area (Å²) in [6.45, 7) is 0.930. The van der Waals surface area contributed by atoms with Crippen LogP contribution in [0.15, 0.2) is 16.7 Å². The average Bonchev–Trinajstić information content (AvgIpc) is 2.83. The highest BCUT2D eigenvalue weighted by Gasteiger charge is 2.22. The van der Waals surface area contributed by atoms with Crippen molar-refractivity contribution in [3.63, 3.8) is 0 Å². The Balaban J connectivity index is 1.95. The van der Waals surface area contributed by atoms with E-state index in [0.717, 1.165) is 25.2 Å². The van der Waals surface area contributed by atoms with Gasteiger partial charge in [-0.25, -0.2) is 0 Å². The van der Waals surface area contributed by atoms with E-state index >= 15 is 0 Å². The molecule has 0 aliphatic heterocycles. The van der Waals surface area contributed by atoms with Crippen LogP contribution < -0.4 is 5.73 Å². The van der Waals surface area contributed by atoms with Crippen LogP contribution in [0, 0.1) is 0 Å². The smallest absolute Gasteiger partial charge is 0.233 e. The Bertz CT molecular complexity index is 372. The molecule has 0 saturated carbocycles. The topological polar surface area (TPSA) is 68.2 Å². The first-order valence-electron chi connectivity index (χ1n) is 5.56. The van der Waals surface area contributed by atoms with E-state index in [1.807, 2.05) is 26.2 Å². The Morgan fingerprint density at radius 3 is 2.94 bits per heavy atom. The van der Waals surface area contributed by atoms with Gasteiger partial charge in [-0.3, -0.25) is 0 Å². The maximum absolute atomic E-state index is 5.78. The highest BCUT2D eigenvalue weighted by atomic mass is 16.5. The van der Waals surface area contributed by atoms with E-state index in [1.54, 1.807) is 0 Å². The van der Waals surface area contributed by atoms with Crippen molar-refractivity contribution < 1.29 is 4.52 Å². The Hall–Kier alpha value is -1.20. The molecule has 1 aliphatic rings. The van der Waals surface area contributed by atoms with Crippen molar-refractivity contribution in [1.29, 1.82) is 0 Å². The molecular formula is C11H18N4O. The average molecular weight is 222 g/mol. The molecule has 0 aromatic carbocycles. The van der Waals surface area contributed by atoms with E-state index < -0.39 is 0 Å². The van der Waals surface area contributed by atoms with Crippen LogP contribution in [0.5, 0.6) is 0 Å². The summed E-state index contributed by atoms with van der Waals surface area (Å²) in [5.41, 5.74) is 5.78. The standard InChI is InChI=1S/C11H18N4O/c1-15(2)6-5-10-13-11(16-14-10)8-3-4-9(12)7-8/h3-4,8-9H,5-7,12H2,1-2H3. The molecular weight excluding hydrogens is 204 g/mol. The van der Waals surface area contributed by atoms with Crippen molar-refractivity contribution in [2.75, 3.05) is 20.6 Å². The predicted molar refractivity (Wildman–Crippen MR) is 61.0 cm³/mol. The number of rotatable bonds is 4. The maximum Gasteiger partial charge on any atom is 0.233 e. The quantitative estimate of drug-likeness (QED) is 0.753. The van der Waals surface area contributed by atoms with Crippen molar-refractivity contribution in [3.05, 3.63) is 23.9 Å². The molecule has 2 rings (SSSR count). The number of nitrogens with two attached hydrogens (primary N) is 1. The van der Waals surface area contributed by atoms with Crippen LogP contribution in [0.1, 0.15) is 24.1 Å². The van der Waals surface area contributed by atoms with Gasteiger partial charge in [-0.15, -0.1) is 0 Å². The summed E-state index contributed by atoms with van der Waals surface area (Å²) in [6, 6.07) is 0.127. The lowest BCUT2D eigenvalue weighted by Gasteiger charge is -2.05. The Morgan fingerprint density at radius 2 is 2.31 bits per heavy atom. The predicted octanol–water partition coefficient (Wildman–Crippen LogP) is 0.544. The van der Waals surface area contributed by atoms with Gasteiger partial charge in [0.2, 0.25) is 5.89 Å². The van der Waals surface area contributed by atoms with Gasteiger partial charge in [-0.1, -0.05) is 17.3 Å². The van der Waals surface area contributed by atoms with Crippen LogP contribution in [0.2, 0.25) is 0 Å². The first kappa shape index (κ1) is 11.3. The van der Waals surface area contributed by atoms with Crippen LogP contribution in [-0.4, -0.2) is 41.7 Å². The number of likely N-dealkylation sites (N-methyl/N-ethyl adjacent to an activating group) is 1. The summed E-state index contributed by atoms with van der Waals surface area (Å²) in [4.78, 5) is 6.49. The monoisotopic (exact) mass is 222 g/mol. The highest BCUT2D eigenvalue weighted by Crippen LogP contribution is 2.26. The van der Waals surface area contributed by atoms with Gasteiger partial charge in [-0.05, 0) is 20.5 Å². The fraction of sp³-hybridized carbons (Fsp3) is 0.636. The lowest BCUT2D eigenvalue weighted by atomic mass is 10.1. The summed E-state index contributed by atoms with van der Waals surface area (Å²) in [6.07, 6.45) is 5.73. The lowest BCUT2D eigenvalue weighted by molar-refractivity contribution is 0.355. The summed E-state index contributed by atoms with van der Waals surface area (Å²) in [5, 5.41) is 3.97. The van der Waals surface area contributed by atoms with E-state index in [0.29, 0.717) is 5.89 Å². The second-order valence-electron chi connectivity index (χ2n) is 4.49. The van der Waals surface area contributed by atoms with Gasteiger partial charge in [0.05, 0.1) is 5.92 Å². The van der Waals surface area contributed by atoms with Crippen molar-refractivity contribution in [1.82, 2.24) is 15.0 Å². The third kappa shape index (κ3) is 2.68. The molecule has 1 heterocycles. The van der Waals surface area contributed by atoms with Crippen LogP contribution in [-0.2, 0) is 6.42 Å². The van der Waals surface area contributed by atoms with Gasteiger partial charge >= 0.3 is 0 Å². The van der Waals surface area contributed by atoms with E-state index in [9.17, 15) is 0 Å². The van der Waals surface area contributed by atoms with E-state index in [4.69, 9.17) is 10.3 Å². The summed E-state index contributed by atoms with van der Waals surface area (Å²) < 4.78 is 5.24. The second kappa shape index (κ2) is 4.76. The van der Waals surface area contributed by atoms with Crippen molar-refractivity contribution in [2.24, 2.45) is 5.73 Å². The van der Waals surface area contributed by atoms with Crippen molar-refractivity contribution in [2.45, 2.75) is 24.8 Å². The number of aromatic nitrogens is 2. The molecule has 2 N–H and O–H groups in total. The molecule has 5 heteroatoms. The van der Waals surface area contributed by atoms with Crippen LogP contribution >= 0.6 is 0 Å². The van der Waals surface area contributed by atoms with Gasteiger partial charge in [0.1, 0.15) is 0 Å². The number of allylic oxidation sites excluding steroid dienone is 1. The number of nitrogens with zero attached hydrogens (tertiary/aromatic N) is 3. The molecule has 0 bridgehead atoms. The third-order valence-corrected chi connectivity index (χ3v) is 2.70. The molecule has 1 aliphatic carbocycles. The maximum atomic E-state index is 5.78.